The minimum atomic E-state index is -0.446. The topological polar surface area (TPSA) is 47.5 Å². The highest BCUT2D eigenvalue weighted by molar-refractivity contribution is 6.61. The Hall–Kier alpha value is -1.14. The van der Waals surface area contributed by atoms with Crippen LogP contribution in [-0.4, -0.2) is 42.6 Å². The van der Waals surface area contributed by atoms with Gasteiger partial charge in [0.25, 0.3) is 0 Å². The maximum absolute atomic E-state index is 5.91. The molecule has 98 valence electrons. The van der Waals surface area contributed by atoms with Crippen LogP contribution in [0.1, 0.15) is 27.7 Å². The summed E-state index contributed by atoms with van der Waals surface area (Å²) in [5, 5.41) is 8.31. The molecular formula is C12H20BN3O2. The maximum atomic E-state index is 5.91. The van der Waals surface area contributed by atoms with E-state index in [1.165, 1.54) is 0 Å². The van der Waals surface area contributed by atoms with E-state index in [1.807, 2.05) is 58.8 Å². The summed E-state index contributed by atoms with van der Waals surface area (Å²) >= 11 is 0. The summed E-state index contributed by atoms with van der Waals surface area (Å²) in [7, 11) is 3.41. The number of hydrogen-bond acceptors (Lipinski definition) is 5. The predicted molar refractivity (Wildman–Crippen MR) is 72.1 cm³/mol. The first kappa shape index (κ1) is 13.3. The van der Waals surface area contributed by atoms with Crippen molar-refractivity contribution in [1.82, 2.24) is 10.2 Å². The third-order valence-corrected chi connectivity index (χ3v) is 3.62. The van der Waals surface area contributed by atoms with Gasteiger partial charge in [0.05, 0.1) is 16.8 Å². The monoisotopic (exact) mass is 249 g/mol. The number of aromatic nitrogens is 2. The van der Waals surface area contributed by atoms with Crippen molar-refractivity contribution in [3.8, 4) is 0 Å². The Kier molecular flexibility index (Phi) is 3.11. The van der Waals surface area contributed by atoms with Crippen LogP contribution in [0.25, 0.3) is 0 Å². The molecular weight excluding hydrogens is 229 g/mol. The molecule has 2 rings (SSSR count). The summed E-state index contributed by atoms with van der Waals surface area (Å²) in [5.74, 6) is 0.815. The lowest BCUT2D eigenvalue weighted by atomic mass is 9.85. The average molecular weight is 249 g/mol. The molecule has 1 aliphatic rings. The Balaban J connectivity index is 2.19. The Bertz CT molecular complexity index is 415. The van der Waals surface area contributed by atoms with E-state index < -0.39 is 7.12 Å². The van der Waals surface area contributed by atoms with Gasteiger partial charge in [-0.2, -0.15) is 5.10 Å². The van der Waals surface area contributed by atoms with Gasteiger partial charge >= 0.3 is 7.12 Å². The van der Waals surface area contributed by atoms with E-state index >= 15 is 0 Å². The molecule has 1 aromatic rings. The van der Waals surface area contributed by atoms with Crippen molar-refractivity contribution in [2.45, 2.75) is 38.9 Å². The molecule has 0 aromatic carbocycles. The zero-order chi connectivity index (χ0) is 13.6. The van der Waals surface area contributed by atoms with Crippen LogP contribution < -0.4 is 10.5 Å². The molecule has 0 unspecified atom stereocenters. The molecule has 1 saturated heterocycles. The molecule has 1 aliphatic heterocycles. The molecule has 0 bridgehead atoms. The van der Waals surface area contributed by atoms with Gasteiger partial charge in [0.15, 0.2) is 5.82 Å². The summed E-state index contributed by atoms with van der Waals surface area (Å²) < 4.78 is 11.8. The minimum absolute atomic E-state index is 0.348. The van der Waals surface area contributed by atoms with Gasteiger partial charge in [0.2, 0.25) is 0 Å². The van der Waals surface area contributed by atoms with E-state index in [0.717, 1.165) is 5.82 Å². The standard InChI is InChI=1S/C12H20BN3O2/c1-11(2)12(3,4)18-13(17-11)9-7-8-10(15-14-9)16(5)6/h7-8H,1-6H3. The third kappa shape index (κ3) is 2.22. The molecule has 0 atom stereocenters. The van der Waals surface area contributed by atoms with E-state index in [-0.39, 0.29) is 11.2 Å². The number of nitrogens with zero attached hydrogens (tertiary/aromatic N) is 3. The second-order valence-corrected chi connectivity index (χ2v) is 5.80. The Labute approximate surface area is 109 Å². The second kappa shape index (κ2) is 4.21. The van der Waals surface area contributed by atoms with Crippen LogP contribution in [0.4, 0.5) is 5.82 Å². The molecule has 1 fully saturated rings. The van der Waals surface area contributed by atoms with Crippen molar-refractivity contribution in [2.75, 3.05) is 19.0 Å². The zero-order valence-electron chi connectivity index (χ0n) is 11.9. The quantitative estimate of drug-likeness (QED) is 0.727. The van der Waals surface area contributed by atoms with Crippen LogP contribution in [0, 0.1) is 0 Å². The first-order chi connectivity index (χ1) is 8.23. The van der Waals surface area contributed by atoms with Crippen molar-refractivity contribution >= 4 is 18.5 Å². The van der Waals surface area contributed by atoms with Crippen molar-refractivity contribution < 1.29 is 9.31 Å². The molecule has 1 aromatic heterocycles. The van der Waals surface area contributed by atoms with Gasteiger partial charge in [-0.1, -0.05) is 0 Å². The zero-order valence-corrected chi connectivity index (χ0v) is 11.9. The summed E-state index contributed by atoms with van der Waals surface area (Å²) in [5.41, 5.74) is 0.0123. The van der Waals surface area contributed by atoms with Crippen molar-refractivity contribution in [1.29, 1.82) is 0 Å². The predicted octanol–water partition coefficient (Wildman–Crippen LogP) is 0.842. The fourth-order valence-electron chi connectivity index (χ4n) is 1.66. The number of rotatable bonds is 2. The van der Waals surface area contributed by atoms with E-state index in [9.17, 15) is 0 Å². The van der Waals surface area contributed by atoms with Crippen molar-refractivity contribution in [3.63, 3.8) is 0 Å². The van der Waals surface area contributed by atoms with E-state index in [4.69, 9.17) is 9.31 Å². The summed E-state index contributed by atoms with van der Waals surface area (Å²) in [6, 6.07) is 3.80. The fraction of sp³-hybridized carbons (Fsp3) is 0.667. The van der Waals surface area contributed by atoms with Gasteiger partial charge in [-0.3, -0.25) is 0 Å². The minimum Gasteiger partial charge on any atom is -0.398 e. The van der Waals surface area contributed by atoms with Crippen molar-refractivity contribution in [3.05, 3.63) is 12.1 Å². The molecule has 6 heteroatoms. The SMILES string of the molecule is CN(C)c1ccc(B2OC(C)(C)C(C)(C)O2)nn1. The van der Waals surface area contributed by atoms with Gasteiger partial charge in [-0.25, -0.2) is 0 Å². The first-order valence-electron chi connectivity index (χ1n) is 6.09. The Morgan fingerprint density at radius 2 is 1.56 bits per heavy atom. The van der Waals surface area contributed by atoms with E-state index in [0.29, 0.717) is 5.59 Å². The average Bonchev–Trinajstić information content (AvgIpc) is 2.48. The van der Waals surface area contributed by atoms with Gasteiger partial charge in [-0.15, -0.1) is 5.10 Å². The maximum Gasteiger partial charge on any atom is 0.516 e. The fourth-order valence-corrected chi connectivity index (χ4v) is 1.66. The van der Waals surface area contributed by atoms with Gasteiger partial charge < -0.3 is 14.2 Å². The van der Waals surface area contributed by atoms with Crippen LogP contribution in [0.15, 0.2) is 12.1 Å². The lowest BCUT2D eigenvalue weighted by molar-refractivity contribution is 0.00578. The lowest BCUT2D eigenvalue weighted by Crippen LogP contribution is -2.41. The molecule has 0 amide bonds. The molecule has 0 spiro atoms. The molecule has 0 aliphatic carbocycles. The summed E-state index contributed by atoms with van der Waals surface area (Å²) in [6.45, 7) is 8.09. The largest absolute Gasteiger partial charge is 0.516 e. The van der Waals surface area contributed by atoms with Gasteiger partial charge in [0.1, 0.15) is 0 Å². The number of hydrogen-bond donors (Lipinski definition) is 0. The summed E-state index contributed by atoms with van der Waals surface area (Å²) in [4.78, 5) is 1.90. The van der Waals surface area contributed by atoms with E-state index in [1.54, 1.807) is 0 Å². The van der Waals surface area contributed by atoms with Crippen LogP contribution in [0.2, 0.25) is 0 Å². The van der Waals surface area contributed by atoms with Crippen LogP contribution in [-0.2, 0) is 9.31 Å². The van der Waals surface area contributed by atoms with Crippen LogP contribution >= 0.6 is 0 Å². The van der Waals surface area contributed by atoms with Gasteiger partial charge in [-0.05, 0) is 39.8 Å². The molecule has 18 heavy (non-hydrogen) atoms. The molecule has 0 saturated carbocycles. The normalized spacial score (nSPS) is 21.1. The molecule has 0 N–H and O–H groups in total. The van der Waals surface area contributed by atoms with Gasteiger partial charge in [0, 0.05) is 14.1 Å². The first-order valence-corrected chi connectivity index (χ1v) is 6.09. The number of anilines is 1. The van der Waals surface area contributed by atoms with Crippen LogP contribution in [0.3, 0.4) is 0 Å². The van der Waals surface area contributed by atoms with Crippen LogP contribution in [0.5, 0.6) is 0 Å². The third-order valence-electron chi connectivity index (χ3n) is 3.62. The molecule has 0 radical (unpaired) electrons. The molecule has 2 heterocycles. The highest BCUT2D eigenvalue weighted by atomic mass is 16.7. The van der Waals surface area contributed by atoms with E-state index in [2.05, 4.69) is 10.2 Å². The van der Waals surface area contributed by atoms with Crippen molar-refractivity contribution in [2.24, 2.45) is 0 Å². The second-order valence-electron chi connectivity index (χ2n) is 5.80. The summed E-state index contributed by atoms with van der Waals surface area (Å²) in [6.07, 6.45) is 0. The highest BCUT2D eigenvalue weighted by Gasteiger charge is 2.52. The Morgan fingerprint density at radius 1 is 1.00 bits per heavy atom. The smallest absolute Gasteiger partial charge is 0.398 e. The lowest BCUT2D eigenvalue weighted by Gasteiger charge is -2.32. The highest BCUT2D eigenvalue weighted by Crippen LogP contribution is 2.36. The molecule has 5 nitrogen and oxygen atoms in total. The Morgan fingerprint density at radius 3 is 1.94 bits per heavy atom.